The molecule has 0 bridgehead atoms. The SMILES string of the molecule is Cc1c[nH]c(CN2CCn3nc(C(O)CS(C)(=O)=O)cc3C2)c(C)c1=O. The highest BCUT2D eigenvalue weighted by Crippen LogP contribution is 2.20. The Kier molecular flexibility index (Phi) is 5.05. The van der Waals surface area contributed by atoms with Crippen molar-refractivity contribution in [3.8, 4) is 0 Å². The summed E-state index contributed by atoms with van der Waals surface area (Å²) < 4.78 is 24.5. The Bertz CT molecular complexity index is 977. The summed E-state index contributed by atoms with van der Waals surface area (Å²) in [5.74, 6) is -0.336. The van der Waals surface area contributed by atoms with Gasteiger partial charge in [-0.25, -0.2) is 8.42 Å². The van der Waals surface area contributed by atoms with Gasteiger partial charge < -0.3 is 10.1 Å². The van der Waals surface area contributed by atoms with Crippen LogP contribution in [-0.2, 0) is 29.5 Å². The van der Waals surface area contributed by atoms with Crippen molar-refractivity contribution in [3.63, 3.8) is 0 Å². The van der Waals surface area contributed by atoms with E-state index in [0.29, 0.717) is 30.9 Å². The smallest absolute Gasteiger partial charge is 0.187 e. The summed E-state index contributed by atoms with van der Waals surface area (Å²) in [5, 5.41) is 14.4. The predicted octanol–water partition coefficient (Wildman–Crippen LogP) is 0.282. The second-order valence-corrected chi connectivity index (χ2v) is 9.19. The van der Waals surface area contributed by atoms with Crippen molar-refractivity contribution >= 4 is 9.84 Å². The molecule has 1 aliphatic rings. The Morgan fingerprint density at radius 3 is 2.77 bits per heavy atom. The van der Waals surface area contributed by atoms with Crippen LogP contribution in [0.25, 0.3) is 0 Å². The number of aliphatic hydroxyl groups excluding tert-OH is 1. The molecule has 0 spiro atoms. The van der Waals surface area contributed by atoms with Crippen molar-refractivity contribution in [2.45, 2.75) is 39.6 Å². The maximum absolute atomic E-state index is 12.1. The van der Waals surface area contributed by atoms with Crippen LogP contribution in [0.4, 0.5) is 0 Å². The lowest BCUT2D eigenvalue weighted by Crippen LogP contribution is -2.34. The van der Waals surface area contributed by atoms with Crippen LogP contribution in [0.2, 0.25) is 0 Å². The second-order valence-electron chi connectivity index (χ2n) is 7.01. The molecule has 2 aromatic heterocycles. The van der Waals surface area contributed by atoms with Gasteiger partial charge in [0, 0.05) is 48.9 Å². The van der Waals surface area contributed by atoms with E-state index in [1.165, 1.54) is 0 Å². The lowest BCUT2D eigenvalue weighted by molar-refractivity contribution is 0.190. The summed E-state index contributed by atoms with van der Waals surface area (Å²) in [6.45, 7) is 6.26. The molecule has 1 aliphatic heterocycles. The lowest BCUT2D eigenvalue weighted by Gasteiger charge is -2.27. The highest BCUT2D eigenvalue weighted by molar-refractivity contribution is 7.90. The molecule has 142 valence electrons. The Hall–Kier alpha value is -1.97. The molecule has 0 aromatic carbocycles. The summed E-state index contributed by atoms with van der Waals surface area (Å²) in [5.41, 5.74) is 3.69. The summed E-state index contributed by atoms with van der Waals surface area (Å²) >= 11 is 0. The minimum absolute atomic E-state index is 0.0620. The number of aliphatic hydroxyl groups is 1. The number of fused-ring (bicyclic) bond motifs is 1. The molecule has 0 amide bonds. The van der Waals surface area contributed by atoms with Gasteiger partial charge in [-0.15, -0.1) is 0 Å². The number of H-pyrrole nitrogens is 1. The molecule has 26 heavy (non-hydrogen) atoms. The molecule has 0 radical (unpaired) electrons. The topological polar surface area (TPSA) is 108 Å². The first kappa shape index (κ1) is 18.8. The van der Waals surface area contributed by atoms with Crippen LogP contribution in [0.1, 0.15) is 34.3 Å². The van der Waals surface area contributed by atoms with Gasteiger partial charge in [-0.1, -0.05) is 0 Å². The van der Waals surface area contributed by atoms with Crippen LogP contribution in [-0.4, -0.2) is 51.7 Å². The summed E-state index contributed by atoms with van der Waals surface area (Å²) in [7, 11) is -3.28. The molecule has 3 rings (SSSR count). The largest absolute Gasteiger partial charge is 0.386 e. The van der Waals surface area contributed by atoms with Crippen LogP contribution in [0.15, 0.2) is 17.1 Å². The highest BCUT2D eigenvalue weighted by Gasteiger charge is 2.23. The van der Waals surface area contributed by atoms with E-state index in [4.69, 9.17) is 0 Å². The number of sulfone groups is 1. The van der Waals surface area contributed by atoms with Crippen LogP contribution in [0.3, 0.4) is 0 Å². The number of nitrogens with one attached hydrogen (secondary N) is 1. The van der Waals surface area contributed by atoms with Gasteiger partial charge in [0.15, 0.2) is 5.43 Å². The van der Waals surface area contributed by atoms with Gasteiger partial charge in [-0.3, -0.25) is 14.4 Å². The molecule has 1 atom stereocenters. The van der Waals surface area contributed by atoms with Gasteiger partial charge in [0.05, 0.1) is 23.7 Å². The summed E-state index contributed by atoms with van der Waals surface area (Å²) in [6.07, 6.45) is 1.71. The fourth-order valence-corrected chi connectivity index (χ4v) is 3.95. The Morgan fingerprint density at radius 2 is 2.08 bits per heavy atom. The average molecular weight is 380 g/mol. The van der Waals surface area contributed by atoms with Gasteiger partial charge in [0.2, 0.25) is 0 Å². The molecule has 8 nitrogen and oxygen atoms in total. The number of hydrogen-bond acceptors (Lipinski definition) is 6. The predicted molar refractivity (Wildman–Crippen MR) is 97.5 cm³/mol. The quantitative estimate of drug-likeness (QED) is 0.771. The number of aromatic nitrogens is 3. The molecule has 0 fully saturated rings. The number of rotatable bonds is 5. The maximum Gasteiger partial charge on any atom is 0.187 e. The fourth-order valence-electron chi connectivity index (χ4n) is 3.20. The van der Waals surface area contributed by atoms with Crippen molar-refractivity contribution in [1.82, 2.24) is 19.7 Å². The Labute approximate surface area is 152 Å². The zero-order chi connectivity index (χ0) is 19.1. The van der Waals surface area contributed by atoms with Gasteiger partial charge in [-0.05, 0) is 19.9 Å². The molecule has 0 saturated heterocycles. The van der Waals surface area contributed by atoms with Gasteiger partial charge in [-0.2, -0.15) is 5.10 Å². The molecule has 9 heteroatoms. The zero-order valence-corrected chi connectivity index (χ0v) is 16.0. The van der Waals surface area contributed by atoms with Crippen molar-refractivity contribution in [2.75, 3.05) is 18.6 Å². The van der Waals surface area contributed by atoms with Crippen molar-refractivity contribution < 1.29 is 13.5 Å². The van der Waals surface area contributed by atoms with Gasteiger partial charge in [0.25, 0.3) is 0 Å². The fraction of sp³-hybridized carbons (Fsp3) is 0.529. The van der Waals surface area contributed by atoms with E-state index >= 15 is 0 Å². The van der Waals surface area contributed by atoms with Gasteiger partial charge >= 0.3 is 0 Å². The van der Waals surface area contributed by atoms with E-state index < -0.39 is 15.9 Å². The van der Waals surface area contributed by atoms with E-state index in [-0.39, 0.29) is 11.2 Å². The van der Waals surface area contributed by atoms with E-state index in [0.717, 1.165) is 29.8 Å². The third-order valence-corrected chi connectivity index (χ3v) is 5.62. The average Bonchev–Trinajstić information content (AvgIpc) is 2.97. The van der Waals surface area contributed by atoms with Crippen LogP contribution >= 0.6 is 0 Å². The van der Waals surface area contributed by atoms with Crippen LogP contribution < -0.4 is 5.43 Å². The number of nitrogens with zero attached hydrogens (tertiary/aromatic N) is 3. The zero-order valence-electron chi connectivity index (χ0n) is 15.2. The number of pyridine rings is 1. The number of aryl methyl sites for hydroxylation is 1. The first-order chi connectivity index (χ1) is 12.1. The Balaban J connectivity index is 1.74. The number of aromatic amines is 1. The standard InChI is InChI=1S/C17H24N4O4S/c1-11-7-18-15(12(2)17(11)23)9-20-4-5-21-13(8-20)6-14(19-21)16(22)10-26(3,24)25/h6-7,16,22H,4-5,8-10H2,1-3H3,(H,18,23). The lowest BCUT2D eigenvalue weighted by atomic mass is 10.1. The first-order valence-corrected chi connectivity index (χ1v) is 10.5. The van der Waals surface area contributed by atoms with Crippen molar-refractivity contribution in [3.05, 3.63) is 50.7 Å². The van der Waals surface area contributed by atoms with Gasteiger partial charge in [0.1, 0.15) is 15.9 Å². The monoisotopic (exact) mass is 380 g/mol. The van der Waals surface area contributed by atoms with E-state index in [1.807, 2.05) is 11.6 Å². The molecular weight excluding hydrogens is 356 g/mol. The Morgan fingerprint density at radius 1 is 1.35 bits per heavy atom. The maximum atomic E-state index is 12.1. The van der Waals surface area contributed by atoms with Crippen molar-refractivity contribution in [1.29, 1.82) is 0 Å². The van der Waals surface area contributed by atoms with Crippen LogP contribution in [0, 0.1) is 13.8 Å². The van der Waals surface area contributed by atoms with Crippen molar-refractivity contribution in [2.24, 2.45) is 0 Å². The second kappa shape index (κ2) is 6.98. The molecular formula is C17H24N4O4S. The minimum Gasteiger partial charge on any atom is -0.386 e. The normalized spacial score (nSPS) is 16.5. The van der Waals surface area contributed by atoms with Crippen LogP contribution in [0.5, 0.6) is 0 Å². The molecule has 0 aliphatic carbocycles. The molecule has 2 N–H and O–H groups in total. The first-order valence-electron chi connectivity index (χ1n) is 8.46. The van der Waals surface area contributed by atoms with E-state index in [9.17, 15) is 18.3 Å². The summed E-state index contributed by atoms with van der Waals surface area (Å²) in [6, 6.07) is 1.76. The highest BCUT2D eigenvalue weighted by atomic mass is 32.2. The third kappa shape index (κ3) is 4.05. The molecule has 0 saturated carbocycles. The number of hydrogen-bond donors (Lipinski definition) is 2. The van der Waals surface area contributed by atoms with E-state index in [1.54, 1.807) is 19.2 Å². The third-order valence-electron chi connectivity index (χ3n) is 4.69. The van der Waals surface area contributed by atoms with E-state index in [2.05, 4.69) is 15.0 Å². The molecule has 3 heterocycles. The molecule has 2 aromatic rings. The summed E-state index contributed by atoms with van der Waals surface area (Å²) in [4.78, 5) is 17.5. The molecule has 1 unspecified atom stereocenters. The minimum atomic E-state index is -3.28.